The highest BCUT2D eigenvalue weighted by Crippen LogP contribution is 2.46. The number of benzene rings is 11. The van der Waals surface area contributed by atoms with Crippen LogP contribution in [0.1, 0.15) is 0 Å². The van der Waals surface area contributed by atoms with Crippen LogP contribution in [-0.2, 0) is 0 Å². The van der Waals surface area contributed by atoms with Gasteiger partial charge in [0.2, 0.25) is 0 Å². The van der Waals surface area contributed by atoms with Crippen molar-refractivity contribution in [3.8, 4) is 44.5 Å². The van der Waals surface area contributed by atoms with Crippen LogP contribution in [0.4, 0.5) is 0 Å². The van der Waals surface area contributed by atoms with Crippen molar-refractivity contribution in [3.63, 3.8) is 0 Å². The van der Waals surface area contributed by atoms with Gasteiger partial charge in [0, 0.05) is 0 Å². The zero-order valence-corrected chi connectivity index (χ0v) is 29.6. The van der Waals surface area contributed by atoms with Gasteiger partial charge in [0.1, 0.15) is 0 Å². The molecule has 54 heavy (non-hydrogen) atoms. The molecule has 0 spiro atoms. The lowest BCUT2D eigenvalue weighted by Gasteiger charge is -2.19. The molecule has 11 rings (SSSR count). The summed E-state index contributed by atoms with van der Waals surface area (Å²) in [5.74, 6) is 0. The molecule has 250 valence electrons. The normalized spacial score (nSPS) is 11.7. The van der Waals surface area contributed by atoms with Gasteiger partial charge in [-0.05, 0) is 127 Å². The van der Waals surface area contributed by atoms with E-state index in [-0.39, 0.29) is 0 Å². The molecule has 0 aliphatic heterocycles. The fraction of sp³-hybridized carbons (Fsp3) is 0. The van der Waals surface area contributed by atoms with E-state index in [1.165, 1.54) is 109 Å². The predicted octanol–water partition coefficient (Wildman–Crippen LogP) is 15.3. The monoisotopic (exact) mass is 682 g/mol. The summed E-state index contributed by atoms with van der Waals surface area (Å²) >= 11 is 0. The van der Waals surface area contributed by atoms with E-state index in [1.54, 1.807) is 0 Å². The van der Waals surface area contributed by atoms with Crippen LogP contribution in [0.5, 0.6) is 0 Å². The van der Waals surface area contributed by atoms with Gasteiger partial charge in [-0.2, -0.15) is 0 Å². The van der Waals surface area contributed by atoms with Gasteiger partial charge < -0.3 is 0 Å². The second kappa shape index (κ2) is 12.3. The summed E-state index contributed by atoms with van der Waals surface area (Å²) < 4.78 is 0. The third-order valence-electron chi connectivity index (χ3n) is 11.4. The molecule has 11 aromatic rings. The summed E-state index contributed by atoms with van der Waals surface area (Å²) in [7, 11) is 0. The number of fused-ring (bicyclic) bond motifs is 6. The smallest absolute Gasteiger partial charge is 0.00262 e. The van der Waals surface area contributed by atoms with Crippen molar-refractivity contribution in [1.82, 2.24) is 0 Å². The quantitative estimate of drug-likeness (QED) is 0.162. The zero-order valence-electron chi connectivity index (χ0n) is 29.6. The van der Waals surface area contributed by atoms with Crippen molar-refractivity contribution in [1.29, 1.82) is 0 Å². The van der Waals surface area contributed by atoms with Crippen LogP contribution in [0.25, 0.3) is 109 Å². The molecule has 0 saturated carbocycles. The molecular weight excluding hydrogens is 649 g/mol. The van der Waals surface area contributed by atoms with Crippen molar-refractivity contribution >= 4 is 64.6 Å². The highest BCUT2D eigenvalue weighted by Gasteiger charge is 2.19. The Bertz CT molecular complexity index is 3140. The van der Waals surface area contributed by atoms with E-state index >= 15 is 0 Å². The first-order chi connectivity index (χ1) is 26.8. The van der Waals surface area contributed by atoms with Crippen LogP contribution in [0.3, 0.4) is 0 Å². The standard InChI is InChI=1S/C54H34/c1-2-15-37(16-3-1)51-43-18-6-8-20-45(43)53(46-21-9-7-19-44(46)51)40-30-27-36-28-31-41(34-42(36)33-40)54-49-24-12-10-22-47(49)52(48-23-11-13-25-50(48)54)39-29-26-35-14-4-5-17-38(35)32-39/h1-34H. The molecule has 0 aliphatic carbocycles. The number of rotatable bonds is 4. The van der Waals surface area contributed by atoms with Crippen LogP contribution in [-0.4, -0.2) is 0 Å². The van der Waals surface area contributed by atoms with Gasteiger partial charge in [-0.15, -0.1) is 0 Å². The van der Waals surface area contributed by atoms with Gasteiger partial charge in [-0.1, -0.05) is 188 Å². The molecule has 0 amide bonds. The predicted molar refractivity (Wildman–Crippen MR) is 233 cm³/mol. The molecule has 0 nitrogen and oxygen atoms in total. The number of hydrogen-bond donors (Lipinski definition) is 0. The zero-order chi connectivity index (χ0) is 35.6. The van der Waals surface area contributed by atoms with Gasteiger partial charge in [-0.25, -0.2) is 0 Å². The SMILES string of the molecule is c1ccc(-c2c3ccccc3c(-c3ccc4ccc(-c5c6ccccc6c(-c6ccc7ccccc7c6)c6ccccc56)cc4c3)c3ccccc23)cc1. The molecule has 0 aromatic heterocycles. The third kappa shape index (κ3) is 4.78. The van der Waals surface area contributed by atoms with E-state index in [1.807, 2.05) is 0 Å². The maximum absolute atomic E-state index is 2.41. The van der Waals surface area contributed by atoms with Crippen molar-refractivity contribution < 1.29 is 0 Å². The molecule has 0 radical (unpaired) electrons. The molecule has 0 heterocycles. The third-order valence-corrected chi connectivity index (χ3v) is 11.4. The highest BCUT2D eigenvalue weighted by atomic mass is 14.2. The largest absolute Gasteiger partial charge is 0.0622 e. The summed E-state index contributed by atoms with van der Waals surface area (Å²) in [6, 6.07) is 76.1. The van der Waals surface area contributed by atoms with Crippen LogP contribution < -0.4 is 0 Å². The maximum Gasteiger partial charge on any atom is -0.00262 e. The molecule has 11 aromatic carbocycles. The van der Waals surface area contributed by atoms with Crippen LogP contribution >= 0.6 is 0 Å². The summed E-state index contributed by atoms with van der Waals surface area (Å²) in [6.45, 7) is 0. The lowest BCUT2D eigenvalue weighted by Crippen LogP contribution is -1.92. The highest BCUT2D eigenvalue weighted by molar-refractivity contribution is 6.23. The van der Waals surface area contributed by atoms with E-state index in [9.17, 15) is 0 Å². The van der Waals surface area contributed by atoms with Crippen molar-refractivity contribution in [2.24, 2.45) is 0 Å². The van der Waals surface area contributed by atoms with Crippen molar-refractivity contribution in [2.45, 2.75) is 0 Å². The fourth-order valence-corrected chi connectivity index (χ4v) is 9.01. The fourth-order valence-electron chi connectivity index (χ4n) is 9.01. The molecule has 0 saturated heterocycles. The van der Waals surface area contributed by atoms with E-state index in [0.29, 0.717) is 0 Å². The van der Waals surface area contributed by atoms with Crippen molar-refractivity contribution in [2.75, 3.05) is 0 Å². The molecule has 0 unspecified atom stereocenters. The number of hydrogen-bond acceptors (Lipinski definition) is 0. The van der Waals surface area contributed by atoms with Crippen molar-refractivity contribution in [3.05, 3.63) is 206 Å². The van der Waals surface area contributed by atoms with Crippen LogP contribution in [0.2, 0.25) is 0 Å². The van der Waals surface area contributed by atoms with Gasteiger partial charge >= 0.3 is 0 Å². The summed E-state index contributed by atoms with van der Waals surface area (Å²) in [4.78, 5) is 0. The Balaban J connectivity index is 1.15. The van der Waals surface area contributed by atoms with Gasteiger partial charge in [-0.3, -0.25) is 0 Å². The molecule has 0 heteroatoms. The van der Waals surface area contributed by atoms with E-state index < -0.39 is 0 Å². The van der Waals surface area contributed by atoms with Gasteiger partial charge in [0.25, 0.3) is 0 Å². The Morgan fingerprint density at radius 2 is 0.444 bits per heavy atom. The van der Waals surface area contributed by atoms with E-state index in [4.69, 9.17) is 0 Å². The Hall–Kier alpha value is -7.02. The first-order valence-corrected chi connectivity index (χ1v) is 18.8. The molecule has 0 N–H and O–H groups in total. The van der Waals surface area contributed by atoms with Gasteiger partial charge in [0.15, 0.2) is 0 Å². The lowest BCUT2D eigenvalue weighted by atomic mass is 9.84. The van der Waals surface area contributed by atoms with Gasteiger partial charge in [0.05, 0.1) is 0 Å². The first-order valence-electron chi connectivity index (χ1n) is 18.8. The molecule has 0 bridgehead atoms. The van der Waals surface area contributed by atoms with E-state index in [2.05, 4.69) is 206 Å². The second-order valence-corrected chi connectivity index (χ2v) is 14.4. The summed E-state index contributed by atoms with van der Waals surface area (Å²) in [6.07, 6.45) is 0. The second-order valence-electron chi connectivity index (χ2n) is 14.4. The Labute approximate surface area is 314 Å². The molecule has 0 aliphatic rings. The lowest BCUT2D eigenvalue weighted by molar-refractivity contribution is 1.66. The van der Waals surface area contributed by atoms with Crippen LogP contribution in [0, 0.1) is 0 Å². The summed E-state index contributed by atoms with van der Waals surface area (Å²) in [5, 5.41) is 15.1. The average molecular weight is 683 g/mol. The Morgan fingerprint density at radius 1 is 0.167 bits per heavy atom. The first kappa shape index (κ1) is 30.6. The summed E-state index contributed by atoms with van der Waals surface area (Å²) in [5.41, 5.74) is 10.1. The molecular formula is C54H34. The Morgan fingerprint density at radius 3 is 0.833 bits per heavy atom. The Kier molecular flexibility index (Phi) is 6.97. The minimum atomic E-state index is 1.23. The van der Waals surface area contributed by atoms with Crippen LogP contribution in [0.15, 0.2) is 206 Å². The topological polar surface area (TPSA) is 0 Å². The molecule has 0 atom stereocenters. The average Bonchev–Trinajstić information content (AvgIpc) is 3.24. The maximum atomic E-state index is 2.41. The minimum Gasteiger partial charge on any atom is -0.0622 e. The van der Waals surface area contributed by atoms with E-state index in [0.717, 1.165) is 0 Å². The molecule has 0 fully saturated rings. The minimum absolute atomic E-state index is 1.23.